The molecule has 8 nitrogen and oxygen atoms in total. The summed E-state index contributed by atoms with van der Waals surface area (Å²) in [4.78, 5) is 27.8. The molecule has 0 bridgehead atoms. The molecule has 37 heavy (non-hydrogen) atoms. The predicted molar refractivity (Wildman–Crippen MR) is 129 cm³/mol. The second kappa shape index (κ2) is 11.9. The lowest BCUT2D eigenvalue weighted by atomic mass is 10.1. The molecule has 0 aliphatic carbocycles. The Morgan fingerprint density at radius 1 is 0.838 bits per heavy atom. The number of nitrogens with zero attached hydrogens (tertiary/aromatic N) is 5. The fourth-order valence-electron chi connectivity index (χ4n) is 4.42. The van der Waals surface area contributed by atoms with Crippen molar-refractivity contribution in [1.29, 1.82) is 0 Å². The van der Waals surface area contributed by atoms with E-state index in [0.717, 1.165) is 57.7 Å². The topological polar surface area (TPSA) is 76.6 Å². The summed E-state index contributed by atoms with van der Waals surface area (Å²) in [6.07, 6.45) is 4.51. The van der Waals surface area contributed by atoms with E-state index in [1.165, 1.54) is 0 Å². The van der Waals surface area contributed by atoms with Crippen LogP contribution in [0.1, 0.15) is 36.0 Å². The average molecular weight is 528 g/mol. The summed E-state index contributed by atoms with van der Waals surface area (Å²) in [5, 5.41) is 5.51. The number of aromatic nitrogens is 2. The molecule has 2 fully saturated rings. The SMILES string of the molecule is CN(CCNC(=O)c1c(F)c(F)c(F)c(F)c1F)CCNc1cc(N2CCCC2)nc(N2CCCC2)n1. The van der Waals surface area contributed by atoms with Gasteiger partial charge in [-0.05, 0) is 32.7 Å². The van der Waals surface area contributed by atoms with Gasteiger partial charge in [0.2, 0.25) is 11.8 Å². The van der Waals surface area contributed by atoms with Gasteiger partial charge in [-0.3, -0.25) is 4.79 Å². The van der Waals surface area contributed by atoms with Crippen LogP contribution in [0.4, 0.5) is 39.5 Å². The molecule has 2 aliphatic heterocycles. The normalized spacial score (nSPS) is 15.6. The molecular weight excluding hydrogens is 497 g/mol. The van der Waals surface area contributed by atoms with Crippen molar-refractivity contribution < 1.29 is 26.7 Å². The number of carbonyl (C=O) groups excluding carboxylic acids is 1. The Bertz CT molecular complexity index is 1060. The number of amides is 1. The Labute approximate surface area is 211 Å². The van der Waals surface area contributed by atoms with E-state index in [9.17, 15) is 26.7 Å². The third-order valence-electron chi connectivity index (χ3n) is 6.54. The van der Waals surface area contributed by atoms with Crippen molar-refractivity contribution in [3.8, 4) is 0 Å². The molecule has 1 aromatic heterocycles. The van der Waals surface area contributed by atoms with Gasteiger partial charge in [-0.2, -0.15) is 9.97 Å². The molecule has 2 aliphatic rings. The molecule has 2 N–H and O–H groups in total. The zero-order valence-corrected chi connectivity index (χ0v) is 20.6. The van der Waals surface area contributed by atoms with E-state index >= 15 is 0 Å². The lowest BCUT2D eigenvalue weighted by Gasteiger charge is -2.22. The van der Waals surface area contributed by atoms with Crippen molar-refractivity contribution in [3.63, 3.8) is 0 Å². The first-order valence-corrected chi connectivity index (χ1v) is 12.4. The summed E-state index contributed by atoms with van der Waals surface area (Å²) in [6.45, 7) is 5.10. The quantitative estimate of drug-likeness (QED) is 0.279. The highest BCUT2D eigenvalue weighted by molar-refractivity contribution is 5.94. The van der Waals surface area contributed by atoms with Crippen molar-refractivity contribution in [3.05, 3.63) is 40.7 Å². The summed E-state index contributed by atoms with van der Waals surface area (Å²) in [6, 6.07) is 1.94. The maximum Gasteiger partial charge on any atom is 0.257 e. The van der Waals surface area contributed by atoms with Gasteiger partial charge >= 0.3 is 0 Å². The van der Waals surface area contributed by atoms with Crippen LogP contribution in [-0.2, 0) is 0 Å². The number of halogens is 5. The van der Waals surface area contributed by atoms with Gasteiger partial charge in [-0.1, -0.05) is 0 Å². The predicted octanol–water partition coefficient (Wildman–Crippen LogP) is 3.15. The number of hydrogen-bond donors (Lipinski definition) is 2. The fraction of sp³-hybridized carbons (Fsp3) is 0.542. The van der Waals surface area contributed by atoms with E-state index in [-0.39, 0.29) is 13.1 Å². The molecule has 2 saturated heterocycles. The van der Waals surface area contributed by atoms with Crippen LogP contribution < -0.4 is 20.4 Å². The van der Waals surface area contributed by atoms with E-state index in [0.29, 0.717) is 24.9 Å². The molecule has 0 radical (unpaired) electrons. The molecule has 2 aromatic rings. The highest BCUT2D eigenvalue weighted by Crippen LogP contribution is 2.26. The summed E-state index contributed by atoms with van der Waals surface area (Å²) >= 11 is 0. The maximum atomic E-state index is 13.8. The zero-order valence-electron chi connectivity index (χ0n) is 20.6. The van der Waals surface area contributed by atoms with Gasteiger partial charge in [-0.15, -0.1) is 0 Å². The Morgan fingerprint density at radius 3 is 2.00 bits per heavy atom. The fourth-order valence-corrected chi connectivity index (χ4v) is 4.42. The summed E-state index contributed by atoms with van der Waals surface area (Å²) < 4.78 is 67.5. The lowest BCUT2D eigenvalue weighted by molar-refractivity contribution is 0.0938. The first-order chi connectivity index (χ1) is 17.8. The van der Waals surface area contributed by atoms with Crippen LogP contribution in [0.25, 0.3) is 0 Å². The van der Waals surface area contributed by atoms with Gasteiger partial charge in [0.1, 0.15) is 17.2 Å². The summed E-state index contributed by atoms with van der Waals surface area (Å²) in [5.74, 6) is -9.96. The first-order valence-electron chi connectivity index (χ1n) is 12.4. The average Bonchev–Trinajstić information content (AvgIpc) is 3.61. The maximum absolute atomic E-state index is 13.8. The molecule has 0 spiro atoms. The van der Waals surface area contributed by atoms with Gasteiger partial charge in [0.15, 0.2) is 23.3 Å². The highest BCUT2D eigenvalue weighted by atomic mass is 19.2. The second-order valence-electron chi connectivity index (χ2n) is 9.23. The molecule has 0 unspecified atom stereocenters. The largest absolute Gasteiger partial charge is 0.369 e. The lowest BCUT2D eigenvalue weighted by Crippen LogP contribution is -2.36. The Morgan fingerprint density at radius 2 is 1.38 bits per heavy atom. The van der Waals surface area contributed by atoms with Crippen molar-refractivity contribution >= 4 is 23.5 Å². The van der Waals surface area contributed by atoms with Gasteiger partial charge in [0, 0.05) is 58.4 Å². The van der Waals surface area contributed by atoms with Gasteiger partial charge in [0.25, 0.3) is 5.91 Å². The Hall–Kier alpha value is -3.22. The number of likely N-dealkylation sites (N-methyl/N-ethyl adjacent to an activating group) is 1. The molecule has 13 heteroatoms. The number of benzene rings is 1. The van der Waals surface area contributed by atoms with E-state index < -0.39 is 40.6 Å². The Balaban J connectivity index is 1.28. The highest BCUT2D eigenvalue weighted by Gasteiger charge is 2.29. The van der Waals surface area contributed by atoms with Gasteiger partial charge in [0.05, 0.1) is 0 Å². The minimum Gasteiger partial charge on any atom is -0.369 e. The molecule has 202 valence electrons. The van der Waals surface area contributed by atoms with Crippen LogP contribution in [0.15, 0.2) is 6.07 Å². The number of anilines is 3. The third kappa shape index (κ3) is 6.20. The molecule has 1 aromatic carbocycles. The van der Waals surface area contributed by atoms with Crippen molar-refractivity contribution in [2.45, 2.75) is 25.7 Å². The molecule has 1 amide bonds. The van der Waals surface area contributed by atoms with Gasteiger partial charge in [-0.25, -0.2) is 22.0 Å². The number of nitrogens with one attached hydrogen (secondary N) is 2. The minimum atomic E-state index is -2.30. The van der Waals surface area contributed by atoms with E-state index in [1.807, 2.05) is 11.0 Å². The zero-order chi connectivity index (χ0) is 26.5. The Kier molecular flexibility index (Phi) is 8.62. The van der Waals surface area contributed by atoms with Crippen LogP contribution in [0, 0.1) is 29.1 Å². The second-order valence-corrected chi connectivity index (χ2v) is 9.23. The number of hydrogen-bond acceptors (Lipinski definition) is 7. The van der Waals surface area contributed by atoms with E-state index in [1.54, 1.807) is 7.05 Å². The van der Waals surface area contributed by atoms with Crippen molar-refractivity contribution in [2.75, 3.05) is 74.5 Å². The molecule has 4 rings (SSSR count). The van der Waals surface area contributed by atoms with Crippen molar-refractivity contribution in [2.24, 2.45) is 0 Å². The van der Waals surface area contributed by atoms with Crippen LogP contribution in [0.3, 0.4) is 0 Å². The van der Waals surface area contributed by atoms with E-state index in [4.69, 9.17) is 4.98 Å². The standard InChI is InChI=1S/C24H30F5N7O/c1-34(13-7-31-23(37)17-18(25)20(27)22(29)21(28)19(17)26)12-6-30-15-14-16(35-8-2-3-9-35)33-24(32-15)36-10-4-5-11-36/h14H,2-13H2,1H3,(H,31,37)(H,30,32,33). The summed E-state index contributed by atoms with van der Waals surface area (Å²) in [7, 11) is 1.78. The van der Waals surface area contributed by atoms with Crippen LogP contribution >= 0.6 is 0 Å². The van der Waals surface area contributed by atoms with Crippen LogP contribution in [0.2, 0.25) is 0 Å². The molecule has 3 heterocycles. The molecule has 0 atom stereocenters. The van der Waals surface area contributed by atoms with Crippen LogP contribution in [0.5, 0.6) is 0 Å². The van der Waals surface area contributed by atoms with Crippen molar-refractivity contribution in [1.82, 2.24) is 20.2 Å². The smallest absolute Gasteiger partial charge is 0.257 e. The van der Waals surface area contributed by atoms with Gasteiger partial charge < -0.3 is 25.3 Å². The molecule has 0 saturated carbocycles. The first kappa shape index (κ1) is 26.8. The monoisotopic (exact) mass is 527 g/mol. The van der Waals surface area contributed by atoms with Crippen LogP contribution in [-0.4, -0.2) is 80.2 Å². The van der Waals surface area contributed by atoms with E-state index in [2.05, 4.69) is 25.4 Å². The number of carbonyl (C=O) groups is 1. The minimum absolute atomic E-state index is 0.0550. The molecular formula is C24H30F5N7O. The summed E-state index contributed by atoms with van der Waals surface area (Å²) in [5.41, 5.74) is -1.49. The third-order valence-corrected chi connectivity index (χ3v) is 6.54. The number of rotatable bonds is 10.